The van der Waals surface area contributed by atoms with Crippen molar-refractivity contribution in [3.8, 4) is 0 Å². The van der Waals surface area contributed by atoms with Crippen molar-refractivity contribution in [2.75, 3.05) is 6.54 Å². The van der Waals surface area contributed by atoms with Crippen LogP contribution in [0.4, 0.5) is 0 Å². The van der Waals surface area contributed by atoms with E-state index in [1.165, 1.54) is 38.5 Å². The summed E-state index contributed by atoms with van der Waals surface area (Å²) in [5.74, 6) is 0.999. The maximum Gasteiger partial charge on any atom is 0.235 e. The topological polar surface area (TPSA) is 46.3 Å². The van der Waals surface area contributed by atoms with Crippen LogP contribution in [-0.4, -0.2) is 28.4 Å². The van der Waals surface area contributed by atoms with E-state index in [0.29, 0.717) is 11.0 Å². The lowest BCUT2D eigenvalue weighted by Crippen LogP contribution is -2.53. The minimum Gasteiger partial charge on any atom is -0.392 e. The fourth-order valence-corrected chi connectivity index (χ4v) is 4.95. The normalized spacial score (nSPS) is 32.7. The van der Waals surface area contributed by atoms with Gasteiger partial charge in [-0.2, -0.15) is 0 Å². The van der Waals surface area contributed by atoms with Gasteiger partial charge >= 0.3 is 0 Å². The molecule has 0 radical (unpaired) electrons. The highest BCUT2D eigenvalue weighted by molar-refractivity contribution is 7.80. The van der Waals surface area contributed by atoms with Crippen molar-refractivity contribution in [3.05, 3.63) is 0 Å². The van der Waals surface area contributed by atoms with Crippen LogP contribution in [0.3, 0.4) is 0 Å². The molecule has 3 fully saturated rings. The quantitative estimate of drug-likeness (QED) is 0.796. The minimum atomic E-state index is -0.514. The number of thiocarbonyl (C=S) groups is 1. The molecule has 0 spiro atoms. The van der Waals surface area contributed by atoms with Crippen LogP contribution in [-0.2, 0) is 4.79 Å². The van der Waals surface area contributed by atoms with Crippen LogP contribution in [0.1, 0.15) is 64.2 Å². The smallest absolute Gasteiger partial charge is 0.235 e. The van der Waals surface area contributed by atoms with E-state index in [1.807, 2.05) is 0 Å². The van der Waals surface area contributed by atoms with Crippen molar-refractivity contribution in [2.45, 2.75) is 70.3 Å². The van der Waals surface area contributed by atoms with Crippen molar-refractivity contribution < 1.29 is 4.79 Å². The van der Waals surface area contributed by atoms with Gasteiger partial charge in [0.2, 0.25) is 5.91 Å². The number of rotatable bonds is 2. The molecule has 1 saturated heterocycles. The molecule has 0 aromatic carbocycles. The molecule has 0 bridgehead atoms. The lowest BCUT2D eigenvalue weighted by atomic mass is 9.72. The zero-order valence-electron chi connectivity index (χ0n) is 12.3. The Morgan fingerprint density at radius 1 is 1.05 bits per heavy atom. The molecular formula is C16H26N2OS. The second-order valence-electron chi connectivity index (χ2n) is 6.91. The summed E-state index contributed by atoms with van der Waals surface area (Å²) in [6.45, 7) is 0.929. The molecule has 1 amide bonds. The molecule has 1 aliphatic heterocycles. The molecule has 1 heterocycles. The third-order valence-electron chi connectivity index (χ3n) is 5.86. The predicted octanol–water partition coefficient (Wildman–Crippen LogP) is 3.01. The predicted molar refractivity (Wildman–Crippen MR) is 84.4 cm³/mol. The van der Waals surface area contributed by atoms with Crippen LogP contribution in [0.25, 0.3) is 0 Å². The molecule has 2 N–H and O–H groups in total. The zero-order valence-corrected chi connectivity index (χ0v) is 13.1. The molecule has 4 heteroatoms. The van der Waals surface area contributed by atoms with Crippen LogP contribution in [0.5, 0.6) is 0 Å². The Balaban J connectivity index is 1.81. The first-order valence-corrected chi connectivity index (χ1v) is 8.67. The van der Waals surface area contributed by atoms with E-state index in [-0.39, 0.29) is 5.91 Å². The summed E-state index contributed by atoms with van der Waals surface area (Å²) in [7, 11) is 0. The van der Waals surface area contributed by atoms with Gasteiger partial charge in [-0.1, -0.05) is 44.3 Å². The van der Waals surface area contributed by atoms with Gasteiger partial charge in [0.25, 0.3) is 0 Å². The van der Waals surface area contributed by atoms with Crippen molar-refractivity contribution in [3.63, 3.8) is 0 Å². The minimum absolute atomic E-state index is 0.263. The molecule has 112 valence electrons. The monoisotopic (exact) mass is 294 g/mol. The Bertz CT molecular complexity index is 403. The van der Waals surface area contributed by atoms with E-state index >= 15 is 0 Å². The van der Waals surface area contributed by atoms with E-state index in [9.17, 15) is 4.79 Å². The van der Waals surface area contributed by atoms with Gasteiger partial charge in [-0.05, 0) is 38.0 Å². The van der Waals surface area contributed by atoms with Crippen molar-refractivity contribution in [1.82, 2.24) is 4.90 Å². The molecule has 3 aliphatic rings. The zero-order chi connectivity index (χ0) is 14.2. The van der Waals surface area contributed by atoms with E-state index in [2.05, 4.69) is 4.90 Å². The lowest BCUT2D eigenvalue weighted by molar-refractivity contribution is -0.141. The number of hydrogen-bond donors (Lipinski definition) is 1. The van der Waals surface area contributed by atoms with Crippen LogP contribution in [0.2, 0.25) is 0 Å². The van der Waals surface area contributed by atoms with Gasteiger partial charge in [0.05, 0.1) is 10.4 Å². The molecule has 0 aromatic heterocycles. The van der Waals surface area contributed by atoms with E-state index < -0.39 is 5.41 Å². The summed E-state index contributed by atoms with van der Waals surface area (Å²) in [5, 5.41) is 0. The standard InChI is InChI=1S/C16H26N2OS/c17-14(20)16(9-4-1-5-10-16)15(19)18-11-8-12-6-2-3-7-13(12)18/h12-13H,1-11H2,(H2,17,20). The third kappa shape index (κ3) is 2.26. The molecule has 3 nitrogen and oxygen atoms in total. The number of nitrogens with two attached hydrogens (primary N) is 1. The average molecular weight is 294 g/mol. The molecule has 3 rings (SSSR count). The third-order valence-corrected chi connectivity index (χ3v) is 6.25. The van der Waals surface area contributed by atoms with Gasteiger partial charge < -0.3 is 10.6 Å². The highest BCUT2D eigenvalue weighted by atomic mass is 32.1. The Morgan fingerprint density at radius 2 is 1.75 bits per heavy atom. The molecule has 2 atom stereocenters. The fraction of sp³-hybridized carbons (Fsp3) is 0.875. The highest BCUT2D eigenvalue weighted by Crippen LogP contribution is 2.43. The van der Waals surface area contributed by atoms with Gasteiger partial charge in [0, 0.05) is 12.6 Å². The molecule has 0 aromatic rings. The summed E-state index contributed by atoms with van der Waals surface area (Å²) < 4.78 is 0. The Hall–Kier alpha value is -0.640. The molecule has 2 aliphatic carbocycles. The van der Waals surface area contributed by atoms with Crippen molar-refractivity contribution in [2.24, 2.45) is 17.1 Å². The van der Waals surface area contributed by atoms with Gasteiger partial charge in [-0.3, -0.25) is 4.79 Å². The van der Waals surface area contributed by atoms with Gasteiger partial charge in [-0.15, -0.1) is 0 Å². The highest BCUT2D eigenvalue weighted by Gasteiger charge is 2.49. The molecule has 20 heavy (non-hydrogen) atoms. The van der Waals surface area contributed by atoms with E-state index in [0.717, 1.165) is 38.1 Å². The number of carbonyl (C=O) groups is 1. The summed E-state index contributed by atoms with van der Waals surface area (Å²) >= 11 is 5.32. The molecule has 2 unspecified atom stereocenters. The Labute approximate surface area is 127 Å². The SMILES string of the molecule is NC(=S)C1(C(=O)N2CCC3CCCCC32)CCCCC1. The first kappa shape index (κ1) is 14.3. The van der Waals surface area contributed by atoms with Crippen LogP contribution >= 0.6 is 12.2 Å². The fourth-order valence-electron chi connectivity index (χ4n) is 4.65. The van der Waals surface area contributed by atoms with Crippen molar-refractivity contribution >= 4 is 23.1 Å². The summed E-state index contributed by atoms with van der Waals surface area (Å²) in [6.07, 6.45) is 11.4. The number of likely N-dealkylation sites (tertiary alicyclic amines) is 1. The van der Waals surface area contributed by atoms with Crippen LogP contribution in [0, 0.1) is 11.3 Å². The van der Waals surface area contributed by atoms with Gasteiger partial charge in [0.1, 0.15) is 0 Å². The summed E-state index contributed by atoms with van der Waals surface area (Å²) in [5.41, 5.74) is 5.51. The molecular weight excluding hydrogens is 268 g/mol. The van der Waals surface area contributed by atoms with Crippen LogP contribution in [0.15, 0.2) is 0 Å². The number of fused-ring (bicyclic) bond motifs is 1. The Morgan fingerprint density at radius 3 is 2.45 bits per heavy atom. The van der Waals surface area contributed by atoms with Crippen molar-refractivity contribution in [1.29, 1.82) is 0 Å². The largest absolute Gasteiger partial charge is 0.392 e. The van der Waals surface area contributed by atoms with Crippen LogP contribution < -0.4 is 5.73 Å². The summed E-state index contributed by atoms with van der Waals surface area (Å²) in [6, 6.07) is 0.476. The first-order valence-electron chi connectivity index (χ1n) is 8.26. The second-order valence-corrected chi connectivity index (χ2v) is 7.35. The second kappa shape index (κ2) is 5.63. The number of amides is 1. The van der Waals surface area contributed by atoms with E-state index in [1.54, 1.807) is 0 Å². The number of carbonyl (C=O) groups excluding carboxylic acids is 1. The first-order chi connectivity index (χ1) is 9.65. The number of hydrogen-bond acceptors (Lipinski definition) is 2. The van der Waals surface area contributed by atoms with Gasteiger partial charge in [-0.25, -0.2) is 0 Å². The maximum absolute atomic E-state index is 13.2. The Kier molecular flexibility index (Phi) is 4.02. The van der Waals surface area contributed by atoms with E-state index in [4.69, 9.17) is 18.0 Å². The molecule has 2 saturated carbocycles. The summed E-state index contributed by atoms with van der Waals surface area (Å²) in [4.78, 5) is 15.8. The maximum atomic E-state index is 13.2. The average Bonchev–Trinajstić information content (AvgIpc) is 2.91. The van der Waals surface area contributed by atoms with Gasteiger partial charge in [0.15, 0.2) is 0 Å². The number of nitrogens with zero attached hydrogens (tertiary/aromatic N) is 1. The lowest BCUT2D eigenvalue weighted by Gasteiger charge is -2.41.